The van der Waals surface area contributed by atoms with Gasteiger partial charge in [0.15, 0.2) is 11.5 Å². The molecule has 3 rings (SSSR count). The summed E-state index contributed by atoms with van der Waals surface area (Å²) in [6.07, 6.45) is 4.94. The Morgan fingerprint density at radius 1 is 1.36 bits per heavy atom. The summed E-state index contributed by atoms with van der Waals surface area (Å²) in [6, 6.07) is 10.1. The zero-order valence-electron chi connectivity index (χ0n) is 13.1. The van der Waals surface area contributed by atoms with Crippen molar-refractivity contribution in [3.63, 3.8) is 0 Å². The van der Waals surface area contributed by atoms with E-state index in [-0.39, 0.29) is 5.75 Å². The third kappa shape index (κ3) is 3.07. The minimum Gasteiger partial charge on any atom is -0.504 e. The summed E-state index contributed by atoms with van der Waals surface area (Å²) in [7, 11) is 1.58. The second kappa shape index (κ2) is 6.36. The van der Waals surface area contributed by atoms with Crippen LogP contribution in [0.25, 0.3) is 0 Å². The van der Waals surface area contributed by atoms with Gasteiger partial charge < -0.3 is 9.84 Å². The molecule has 1 fully saturated rings. The lowest BCUT2D eigenvalue weighted by Gasteiger charge is -2.24. The maximum absolute atomic E-state index is 9.72. The van der Waals surface area contributed by atoms with E-state index in [9.17, 15) is 5.11 Å². The monoisotopic (exact) mass is 298 g/mol. The van der Waals surface area contributed by atoms with Gasteiger partial charge in [0.1, 0.15) is 0 Å². The number of nitrogens with zero attached hydrogens (tertiary/aromatic N) is 2. The van der Waals surface area contributed by atoms with Gasteiger partial charge in [0.05, 0.1) is 7.11 Å². The first-order valence-electron chi connectivity index (χ1n) is 7.67. The molecule has 1 N–H and O–H groups in total. The molecule has 4 heteroatoms. The maximum atomic E-state index is 9.72. The second-order valence-electron chi connectivity index (χ2n) is 6.08. The van der Waals surface area contributed by atoms with E-state index in [0.717, 1.165) is 25.1 Å². The van der Waals surface area contributed by atoms with Crippen molar-refractivity contribution < 1.29 is 9.84 Å². The predicted octanol–water partition coefficient (Wildman–Crippen LogP) is 3.38. The molecule has 0 saturated carbocycles. The van der Waals surface area contributed by atoms with Crippen molar-refractivity contribution in [2.24, 2.45) is 5.92 Å². The first-order valence-corrected chi connectivity index (χ1v) is 7.67. The molecule has 0 aliphatic carbocycles. The Labute approximate surface area is 131 Å². The summed E-state index contributed by atoms with van der Waals surface area (Å²) in [6.45, 7) is 4.21. The van der Waals surface area contributed by atoms with Crippen molar-refractivity contribution in [3.05, 3.63) is 53.9 Å². The van der Waals surface area contributed by atoms with Crippen molar-refractivity contribution >= 4 is 0 Å². The van der Waals surface area contributed by atoms with Crippen LogP contribution < -0.4 is 4.74 Å². The highest BCUT2D eigenvalue weighted by Crippen LogP contribution is 2.36. The van der Waals surface area contributed by atoms with Crippen molar-refractivity contribution in [1.82, 2.24) is 9.88 Å². The molecule has 1 aliphatic heterocycles. The molecule has 2 atom stereocenters. The number of ether oxygens (including phenoxy) is 1. The molecular weight excluding hydrogens is 276 g/mol. The molecule has 1 aromatic heterocycles. The highest BCUT2D eigenvalue weighted by molar-refractivity contribution is 5.41. The number of phenolic OH excluding ortho intramolecular Hbond substituents is 1. The van der Waals surface area contributed by atoms with Crippen LogP contribution >= 0.6 is 0 Å². The number of pyridine rings is 1. The highest BCUT2D eigenvalue weighted by atomic mass is 16.5. The summed E-state index contributed by atoms with van der Waals surface area (Å²) < 4.78 is 5.20. The van der Waals surface area contributed by atoms with Gasteiger partial charge in [-0.1, -0.05) is 19.1 Å². The molecule has 4 nitrogen and oxygen atoms in total. The van der Waals surface area contributed by atoms with Crippen LogP contribution in [0.15, 0.2) is 42.7 Å². The van der Waals surface area contributed by atoms with Gasteiger partial charge in [0.25, 0.3) is 0 Å². The van der Waals surface area contributed by atoms with Gasteiger partial charge in [-0.05, 0) is 41.7 Å². The van der Waals surface area contributed by atoms with Gasteiger partial charge in [0, 0.05) is 31.5 Å². The van der Waals surface area contributed by atoms with E-state index >= 15 is 0 Å². The van der Waals surface area contributed by atoms with E-state index in [4.69, 9.17) is 4.74 Å². The van der Waals surface area contributed by atoms with E-state index < -0.39 is 0 Å². The van der Waals surface area contributed by atoms with Crippen LogP contribution in [0.1, 0.15) is 30.5 Å². The first-order chi connectivity index (χ1) is 10.7. The number of hydrogen-bond acceptors (Lipinski definition) is 4. The van der Waals surface area contributed by atoms with Gasteiger partial charge in [0.2, 0.25) is 0 Å². The number of likely N-dealkylation sites (tertiary alicyclic amines) is 1. The van der Waals surface area contributed by atoms with Gasteiger partial charge in [-0.25, -0.2) is 0 Å². The minimum atomic E-state index is 0.185. The van der Waals surface area contributed by atoms with E-state index in [2.05, 4.69) is 22.9 Å². The average molecular weight is 298 g/mol. The topological polar surface area (TPSA) is 45.6 Å². The molecule has 2 aromatic rings. The lowest BCUT2D eigenvalue weighted by molar-refractivity contribution is 0.244. The van der Waals surface area contributed by atoms with Crippen LogP contribution in [0.2, 0.25) is 0 Å². The summed E-state index contributed by atoms with van der Waals surface area (Å²) in [4.78, 5) is 6.73. The van der Waals surface area contributed by atoms with Crippen molar-refractivity contribution in [1.29, 1.82) is 0 Å². The fourth-order valence-corrected chi connectivity index (χ4v) is 3.28. The maximum Gasteiger partial charge on any atom is 0.160 e. The number of benzene rings is 1. The molecule has 1 aliphatic rings. The number of hydrogen-bond donors (Lipinski definition) is 1. The number of aromatic nitrogens is 1. The largest absolute Gasteiger partial charge is 0.504 e. The predicted molar refractivity (Wildman–Crippen MR) is 85.8 cm³/mol. The van der Waals surface area contributed by atoms with Gasteiger partial charge in [-0.3, -0.25) is 9.88 Å². The van der Waals surface area contributed by atoms with Crippen LogP contribution in [0.5, 0.6) is 11.5 Å². The number of rotatable bonds is 4. The third-order valence-electron chi connectivity index (χ3n) is 4.31. The van der Waals surface area contributed by atoms with E-state index in [1.54, 1.807) is 13.2 Å². The van der Waals surface area contributed by atoms with Crippen LogP contribution in [0.4, 0.5) is 0 Å². The highest BCUT2D eigenvalue weighted by Gasteiger charge is 2.30. The van der Waals surface area contributed by atoms with Crippen LogP contribution in [-0.4, -0.2) is 28.6 Å². The van der Waals surface area contributed by atoms with Crippen molar-refractivity contribution in [2.45, 2.75) is 25.9 Å². The van der Waals surface area contributed by atoms with Crippen LogP contribution in [0.3, 0.4) is 0 Å². The van der Waals surface area contributed by atoms with Crippen molar-refractivity contribution in [3.8, 4) is 11.5 Å². The normalized spacial score (nSPS) is 21.9. The van der Waals surface area contributed by atoms with Crippen molar-refractivity contribution in [2.75, 3.05) is 13.7 Å². The Kier molecular flexibility index (Phi) is 4.29. The molecule has 0 bridgehead atoms. The minimum absolute atomic E-state index is 0.185. The summed E-state index contributed by atoms with van der Waals surface area (Å²) in [5.74, 6) is 1.39. The second-order valence-corrected chi connectivity index (χ2v) is 6.08. The molecule has 116 valence electrons. The van der Waals surface area contributed by atoms with Crippen LogP contribution in [-0.2, 0) is 6.54 Å². The molecule has 2 heterocycles. The van der Waals surface area contributed by atoms with Gasteiger partial charge >= 0.3 is 0 Å². The molecule has 0 spiro atoms. The molecular formula is C18H22N2O2. The van der Waals surface area contributed by atoms with Gasteiger partial charge in [-0.15, -0.1) is 0 Å². The number of methoxy groups -OCH3 is 1. The Morgan fingerprint density at radius 3 is 2.95 bits per heavy atom. The summed E-state index contributed by atoms with van der Waals surface area (Å²) in [5.41, 5.74) is 2.43. The van der Waals surface area contributed by atoms with E-state index in [1.165, 1.54) is 5.56 Å². The Balaban J connectivity index is 1.81. The SMILES string of the molecule is COc1cc(CN2CC(C)CC2c2cccnc2)ccc1O. The molecule has 2 unspecified atom stereocenters. The Morgan fingerprint density at radius 2 is 2.23 bits per heavy atom. The molecule has 22 heavy (non-hydrogen) atoms. The molecule has 1 saturated heterocycles. The third-order valence-corrected chi connectivity index (χ3v) is 4.31. The van der Waals surface area contributed by atoms with Gasteiger partial charge in [-0.2, -0.15) is 0 Å². The Hall–Kier alpha value is -2.07. The fraction of sp³-hybridized carbons (Fsp3) is 0.389. The van der Waals surface area contributed by atoms with E-state index in [1.807, 2.05) is 30.6 Å². The smallest absolute Gasteiger partial charge is 0.160 e. The molecule has 1 aromatic carbocycles. The summed E-state index contributed by atoms with van der Waals surface area (Å²) >= 11 is 0. The zero-order valence-corrected chi connectivity index (χ0v) is 13.1. The lowest BCUT2D eigenvalue weighted by Crippen LogP contribution is -2.23. The average Bonchev–Trinajstić information content (AvgIpc) is 2.90. The number of aromatic hydroxyl groups is 1. The zero-order chi connectivity index (χ0) is 15.5. The quantitative estimate of drug-likeness (QED) is 0.940. The Bertz CT molecular complexity index is 630. The van der Waals surface area contributed by atoms with Crippen LogP contribution in [0, 0.1) is 5.92 Å². The lowest BCUT2D eigenvalue weighted by atomic mass is 10.0. The standard InChI is InChI=1S/C18H22N2O2/c1-13-8-16(15-4-3-7-19-10-15)20(11-13)12-14-5-6-17(21)18(9-14)22-2/h3-7,9-10,13,16,21H,8,11-12H2,1-2H3. The van der Waals surface area contributed by atoms with E-state index in [0.29, 0.717) is 17.7 Å². The fourth-order valence-electron chi connectivity index (χ4n) is 3.28. The summed E-state index contributed by atoms with van der Waals surface area (Å²) in [5, 5.41) is 9.72. The number of phenols is 1. The molecule has 0 radical (unpaired) electrons. The molecule has 0 amide bonds. The first kappa shape index (κ1) is 14.9.